The lowest BCUT2D eigenvalue weighted by molar-refractivity contribution is 0.277. The lowest BCUT2D eigenvalue weighted by Crippen LogP contribution is -2.37. The summed E-state index contributed by atoms with van der Waals surface area (Å²) in [6.07, 6.45) is 5.70. The van der Waals surface area contributed by atoms with E-state index in [9.17, 15) is 10.2 Å². The van der Waals surface area contributed by atoms with Gasteiger partial charge in [-0.05, 0) is 44.7 Å². The topological polar surface area (TPSA) is 106 Å². The Balaban J connectivity index is 1.36. The van der Waals surface area contributed by atoms with Crippen molar-refractivity contribution in [3.05, 3.63) is 47.3 Å². The van der Waals surface area contributed by atoms with Crippen LogP contribution in [0.5, 0.6) is 5.75 Å². The molecule has 4 N–H and O–H groups in total. The SMILES string of the molecule is Cc1ncc(CO)c(CN[C@H]2CC[C@@H](Nc3nc(N(C)C)c4ccccc4n3)CC2)c1O. The third kappa shape index (κ3) is 4.76. The zero-order chi connectivity index (χ0) is 22.7. The van der Waals surface area contributed by atoms with Crippen LogP contribution in [0.1, 0.15) is 42.5 Å². The fourth-order valence-corrected chi connectivity index (χ4v) is 4.35. The lowest BCUT2D eigenvalue weighted by atomic mass is 9.91. The third-order valence-electron chi connectivity index (χ3n) is 6.24. The van der Waals surface area contributed by atoms with Gasteiger partial charge < -0.3 is 25.7 Å². The molecule has 1 saturated carbocycles. The van der Waals surface area contributed by atoms with Crippen LogP contribution in [-0.2, 0) is 13.2 Å². The maximum absolute atomic E-state index is 10.3. The Labute approximate surface area is 188 Å². The van der Waals surface area contributed by atoms with E-state index in [1.54, 1.807) is 13.1 Å². The molecule has 0 bridgehead atoms. The van der Waals surface area contributed by atoms with Crippen molar-refractivity contribution in [1.29, 1.82) is 0 Å². The van der Waals surface area contributed by atoms with Crippen LogP contribution in [0.25, 0.3) is 10.9 Å². The smallest absolute Gasteiger partial charge is 0.225 e. The van der Waals surface area contributed by atoms with Gasteiger partial charge in [0.15, 0.2) is 0 Å². The Morgan fingerprint density at radius 2 is 1.78 bits per heavy atom. The summed E-state index contributed by atoms with van der Waals surface area (Å²) in [5, 5.41) is 28.0. The minimum atomic E-state index is -0.130. The first-order valence-electron chi connectivity index (χ1n) is 11.2. The number of pyridine rings is 1. The van der Waals surface area contributed by atoms with Crippen molar-refractivity contribution >= 4 is 22.7 Å². The van der Waals surface area contributed by atoms with Crippen molar-refractivity contribution in [2.24, 2.45) is 0 Å². The first-order valence-corrected chi connectivity index (χ1v) is 11.2. The standard InChI is InChI=1S/C24H32N6O2/c1-15-22(32)20(16(14-31)12-25-15)13-26-17-8-10-18(11-9-17)27-24-28-21-7-5-4-6-19(21)23(29-24)30(2)3/h4-7,12,17-18,26,31-32H,8-11,13-14H2,1-3H3,(H,27,28,29)/t17-,18+. The molecule has 1 aliphatic carbocycles. The van der Waals surface area contributed by atoms with Crippen LogP contribution in [0.15, 0.2) is 30.5 Å². The number of aliphatic hydroxyl groups is 1. The first-order chi connectivity index (χ1) is 15.5. The third-order valence-corrected chi connectivity index (χ3v) is 6.24. The summed E-state index contributed by atoms with van der Waals surface area (Å²) in [4.78, 5) is 15.6. The number of nitrogens with zero attached hydrogens (tertiary/aromatic N) is 4. The Morgan fingerprint density at radius 1 is 1.06 bits per heavy atom. The highest BCUT2D eigenvalue weighted by Gasteiger charge is 2.23. The summed E-state index contributed by atoms with van der Waals surface area (Å²) in [7, 11) is 4.00. The second-order valence-electron chi connectivity index (χ2n) is 8.71. The molecule has 1 aliphatic rings. The van der Waals surface area contributed by atoms with Crippen molar-refractivity contribution in [1.82, 2.24) is 20.3 Å². The second kappa shape index (κ2) is 9.67. The largest absolute Gasteiger partial charge is 0.506 e. The highest BCUT2D eigenvalue weighted by Crippen LogP contribution is 2.28. The Hall–Kier alpha value is -2.97. The molecule has 3 aromatic rings. The van der Waals surface area contributed by atoms with E-state index in [0.717, 1.165) is 48.0 Å². The molecule has 8 nitrogen and oxygen atoms in total. The molecule has 0 spiro atoms. The zero-order valence-corrected chi connectivity index (χ0v) is 19.0. The molecule has 1 fully saturated rings. The van der Waals surface area contributed by atoms with Gasteiger partial charge in [-0.1, -0.05) is 12.1 Å². The number of rotatable bonds is 7. The van der Waals surface area contributed by atoms with Gasteiger partial charge in [0.1, 0.15) is 11.6 Å². The van der Waals surface area contributed by atoms with Crippen LogP contribution in [0.2, 0.25) is 0 Å². The number of fused-ring (bicyclic) bond motifs is 1. The summed E-state index contributed by atoms with van der Waals surface area (Å²) in [5.74, 6) is 1.76. The molecule has 2 aromatic heterocycles. The number of hydrogen-bond acceptors (Lipinski definition) is 8. The molecular weight excluding hydrogens is 404 g/mol. The minimum absolute atomic E-state index is 0.130. The number of hydrogen-bond donors (Lipinski definition) is 4. The number of aromatic hydroxyl groups is 1. The highest BCUT2D eigenvalue weighted by atomic mass is 16.3. The Bertz CT molecular complexity index is 1080. The monoisotopic (exact) mass is 436 g/mol. The predicted octanol–water partition coefficient (Wildman–Crippen LogP) is 3.11. The summed E-state index contributed by atoms with van der Waals surface area (Å²) >= 11 is 0. The van der Waals surface area contributed by atoms with Gasteiger partial charge in [-0.3, -0.25) is 4.98 Å². The molecule has 2 heterocycles. The van der Waals surface area contributed by atoms with Crippen molar-refractivity contribution < 1.29 is 10.2 Å². The molecule has 0 amide bonds. The molecule has 4 rings (SSSR count). The second-order valence-corrected chi connectivity index (χ2v) is 8.71. The van der Waals surface area contributed by atoms with Crippen molar-refractivity contribution in [3.63, 3.8) is 0 Å². The predicted molar refractivity (Wildman–Crippen MR) is 127 cm³/mol. The van der Waals surface area contributed by atoms with Gasteiger partial charge in [-0.2, -0.15) is 4.98 Å². The molecule has 32 heavy (non-hydrogen) atoms. The lowest BCUT2D eigenvalue weighted by Gasteiger charge is -2.30. The van der Waals surface area contributed by atoms with Gasteiger partial charge >= 0.3 is 0 Å². The number of aryl methyl sites for hydroxylation is 1. The van der Waals surface area contributed by atoms with Crippen LogP contribution < -0.4 is 15.5 Å². The quantitative estimate of drug-likeness (QED) is 0.448. The number of nitrogens with one attached hydrogen (secondary N) is 2. The van der Waals surface area contributed by atoms with Gasteiger partial charge in [0.25, 0.3) is 0 Å². The van der Waals surface area contributed by atoms with E-state index >= 15 is 0 Å². The summed E-state index contributed by atoms with van der Waals surface area (Å²) in [6.45, 7) is 2.16. The molecule has 8 heteroatoms. The van der Waals surface area contributed by atoms with Gasteiger partial charge in [0.05, 0.1) is 17.8 Å². The molecule has 0 unspecified atom stereocenters. The van der Waals surface area contributed by atoms with E-state index in [-0.39, 0.29) is 12.4 Å². The first kappa shape index (κ1) is 22.2. The normalized spacial score (nSPS) is 18.6. The average Bonchev–Trinajstić information content (AvgIpc) is 2.80. The Kier molecular flexibility index (Phi) is 6.72. The molecule has 0 atom stereocenters. The van der Waals surface area contributed by atoms with Crippen LogP contribution in [-0.4, -0.2) is 51.3 Å². The van der Waals surface area contributed by atoms with Crippen molar-refractivity contribution in [2.45, 2.75) is 57.8 Å². The van der Waals surface area contributed by atoms with Gasteiger partial charge in [-0.15, -0.1) is 0 Å². The molecule has 170 valence electrons. The fraction of sp³-hybridized carbons (Fsp3) is 0.458. The summed E-state index contributed by atoms with van der Waals surface area (Å²) in [6, 6.07) is 8.77. The maximum Gasteiger partial charge on any atom is 0.225 e. The van der Waals surface area contributed by atoms with E-state index in [0.29, 0.717) is 35.8 Å². The van der Waals surface area contributed by atoms with Crippen molar-refractivity contribution in [2.75, 3.05) is 24.3 Å². The van der Waals surface area contributed by atoms with E-state index in [1.807, 2.05) is 37.2 Å². The van der Waals surface area contributed by atoms with E-state index < -0.39 is 0 Å². The number of anilines is 2. The average molecular weight is 437 g/mol. The molecule has 0 saturated heterocycles. The van der Waals surface area contributed by atoms with Crippen molar-refractivity contribution in [3.8, 4) is 5.75 Å². The molecular formula is C24H32N6O2. The van der Waals surface area contributed by atoms with Crippen LogP contribution in [0.4, 0.5) is 11.8 Å². The molecule has 0 aliphatic heterocycles. The molecule has 1 aromatic carbocycles. The zero-order valence-electron chi connectivity index (χ0n) is 19.0. The Morgan fingerprint density at radius 3 is 2.50 bits per heavy atom. The number of benzene rings is 1. The van der Waals surface area contributed by atoms with Gasteiger partial charge in [-0.25, -0.2) is 4.98 Å². The number of aliphatic hydroxyl groups excluding tert-OH is 1. The van der Waals surface area contributed by atoms with E-state index in [4.69, 9.17) is 9.97 Å². The number of aromatic nitrogens is 3. The van der Waals surface area contributed by atoms with E-state index in [1.165, 1.54) is 0 Å². The van der Waals surface area contributed by atoms with Gasteiger partial charge in [0, 0.05) is 55.4 Å². The summed E-state index contributed by atoms with van der Waals surface area (Å²) in [5.41, 5.74) is 2.93. The van der Waals surface area contributed by atoms with Crippen LogP contribution in [0, 0.1) is 6.92 Å². The fourth-order valence-electron chi connectivity index (χ4n) is 4.35. The van der Waals surface area contributed by atoms with Gasteiger partial charge in [0.2, 0.25) is 5.95 Å². The summed E-state index contributed by atoms with van der Waals surface area (Å²) < 4.78 is 0. The number of para-hydroxylation sites is 1. The maximum atomic E-state index is 10.3. The van der Waals surface area contributed by atoms with Crippen LogP contribution >= 0.6 is 0 Å². The van der Waals surface area contributed by atoms with E-state index in [2.05, 4.69) is 21.7 Å². The molecule has 0 radical (unpaired) electrons. The highest BCUT2D eigenvalue weighted by molar-refractivity contribution is 5.90. The minimum Gasteiger partial charge on any atom is -0.506 e. The van der Waals surface area contributed by atoms with Crippen LogP contribution in [0.3, 0.4) is 0 Å².